The fourth-order valence-electron chi connectivity index (χ4n) is 1.37. The predicted molar refractivity (Wildman–Crippen MR) is 60.4 cm³/mol. The Hall–Kier alpha value is -1.98. The summed E-state index contributed by atoms with van der Waals surface area (Å²) >= 11 is 0. The summed E-state index contributed by atoms with van der Waals surface area (Å²) in [5.41, 5.74) is 0. The number of hydrogen-bond donors (Lipinski definition) is 2. The van der Waals surface area contributed by atoms with Crippen LogP contribution in [0.2, 0.25) is 0 Å². The van der Waals surface area contributed by atoms with E-state index in [0.717, 1.165) is 0 Å². The molecular formula is C11H16N2O4. The molecule has 0 saturated heterocycles. The molecule has 94 valence electrons. The van der Waals surface area contributed by atoms with Crippen molar-refractivity contribution in [2.24, 2.45) is 0 Å². The molecule has 6 heteroatoms. The zero-order chi connectivity index (χ0) is 12.7. The number of carbonyl (C=O) groups is 2. The van der Waals surface area contributed by atoms with Crippen molar-refractivity contribution >= 4 is 12.0 Å². The third-order valence-corrected chi connectivity index (χ3v) is 2.10. The van der Waals surface area contributed by atoms with Gasteiger partial charge in [-0.2, -0.15) is 0 Å². The molecule has 1 rings (SSSR count). The first-order valence-electron chi connectivity index (χ1n) is 5.40. The Labute approximate surface area is 99.2 Å². The van der Waals surface area contributed by atoms with E-state index in [4.69, 9.17) is 9.52 Å². The average molecular weight is 240 g/mol. The van der Waals surface area contributed by atoms with Gasteiger partial charge in [0.15, 0.2) is 0 Å². The minimum Gasteiger partial charge on any atom is -0.480 e. The summed E-state index contributed by atoms with van der Waals surface area (Å²) < 4.78 is 5.06. The third kappa shape index (κ3) is 4.58. The van der Waals surface area contributed by atoms with Gasteiger partial charge in [0, 0.05) is 6.54 Å². The van der Waals surface area contributed by atoms with Gasteiger partial charge in [-0.15, -0.1) is 0 Å². The normalized spacial score (nSPS) is 9.94. The quantitative estimate of drug-likeness (QED) is 0.784. The SMILES string of the molecule is CCCN(CC(=O)O)C(=O)NCc1ccco1. The monoisotopic (exact) mass is 240 g/mol. The van der Waals surface area contributed by atoms with Crippen LogP contribution in [-0.4, -0.2) is 35.1 Å². The summed E-state index contributed by atoms with van der Waals surface area (Å²) in [6, 6.07) is 3.06. The number of rotatable bonds is 6. The lowest BCUT2D eigenvalue weighted by Gasteiger charge is -2.19. The van der Waals surface area contributed by atoms with E-state index in [1.807, 2.05) is 6.92 Å². The smallest absolute Gasteiger partial charge is 0.323 e. The van der Waals surface area contributed by atoms with Gasteiger partial charge < -0.3 is 19.7 Å². The number of amides is 2. The molecule has 0 fully saturated rings. The van der Waals surface area contributed by atoms with Crippen LogP contribution in [0.4, 0.5) is 4.79 Å². The minimum absolute atomic E-state index is 0.256. The van der Waals surface area contributed by atoms with Crippen LogP contribution in [0, 0.1) is 0 Å². The van der Waals surface area contributed by atoms with Gasteiger partial charge in [-0.05, 0) is 18.6 Å². The standard InChI is InChI=1S/C11H16N2O4/c1-2-5-13(8-10(14)15)11(16)12-7-9-4-3-6-17-9/h3-4,6H,2,5,7-8H2,1H3,(H,12,16)(H,14,15). The third-order valence-electron chi connectivity index (χ3n) is 2.10. The summed E-state index contributed by atoms with van der Waals surface area (Å²) in [5, 5.41) is 11.3. The van der Waals surface area contributed by atoms with Crippen LogP contribution >= 0.6 is 0 Å². The van der Waals surface area contributed by atoms with Crippen LogP contribution in [0.25, 0.3) is 0 Å². The summed E-state index contributed by atoms with van der Waals surface area (Å²) in [5.74, 6) is -0.392. The highest BCUT2D eigenvalue weighted by molar-refractivity contribution is 5.79. The maximum absolute atomic E-state index is 11.7. The van der Waals surface area contributed by atoms with Gasteiger partial charge in [0.25, 0.3) is 0 Å². The Morgan fingerprint density at radius 1 is 1.53 bits per heavy atom. The number of nitrogens with zero attached hydrogens (tertiary/aromatic N) is 1. The molecule has 1 aromatic heterocycles. The van der Waals surface area contributed by atoms with E-state index >= 15 is 0 Å². The molecule has 1 heterocycles. The van der Waals surface area contributed by atoms with E-state index in [9.17, 15) is 9.59 Å². The van der Waals surface area contributed by atoms with Crippen LogP contribution in [0.1, 0.15) is 19.1 Å². The van der Waals surface area contributed by atoms with E-state index in [1.165, 1.54) is 11.2 Å². The first-order valence-corrected chi connectivity index (χ1v) is 5.40. The Kier molecular flexibility index (Phi) is 5.06. The second kappa shape index (κ2) is 6.57. The molecule has 0 aliphatic carbocycles. The van der Waals surface area contributed by atoms with Crippen LogP contribution < -0.4 is 5.32 Å². The molecular weight excluding hydrogens is 224 g/mol. The fourth-order valence-corrected chi connectivity index (χ4v) is 1.37. The number of carboxylic acids is 1. The van der Waals surface area contributed by atoms with Gasteiger partial charge >= 0.3 is 12.0 Å². The maximum Gasteiger partial charge on any atom is 0.323 e. The van der Waals surface area contributed by atoms with Crippen molar-refractivity contribution in [2.45, 2.75) is 19.9 Å². The summed E-state index contributed by atoms with van der Waals surface area (Å²) in [4.78, 5) is 23.5. The number of aliphatic carboxylic acids is 1. The molecule has 0 aromatic carbocycles. The molecule has 1 aromatic rings. The highest BCUT2D eigenvalue weighted by Gasteiger charge is 2.15. The topological polar surface area (TPSA) is 82.8 Å². The summed E-state index contributed by atoms with van der Waals surface area (Å²) in [7, 11) is 0. The second-order valence-corrected chi connectivity index (χ2v) is 3.55. The molecule has 0 aliphatic heterocycles. The van der Waals surface area contributed by atoms with E-state index in [2.05, 4.69) is 5.32 Å². The minimum atomic E-state index is -1.02. The van der Waals surface area contributed by atoms with E-state index in [1.54, 1.807) is 12.1 Å². The lowest BCUT2D eigenvalue weighted by Crippen LogP contribution is -2.42. The van der Waals surface area contributed by atoms with Gasteiger partial charge in [0.05, 0.1) is 12.8 Å². The van der Waals surface area contributed by atoms with Crippen LogP contribution in [0.3, 0.4) is 0 Å². The number of urea groups is 1. The van der Waals surface area contributed by atoms with Gasteiger partial charge in [0.2, 0.25) is 0 Å². The number of furan rings is 1. The molecule has 17 heavy (non-hydrogen) atoms. The largest absolute Gasteiger partial charge is 0.480 e. The van der Waals surface area contributed by atoms with E-state index < -0.39 is 12.0 Å². The zero-order valence-corrected chi connectivity index (χ0v) is 9.68. The Morgan fingerprint density at radius 2 is 2.29 bits per heavy atom. The Morgan fingerprint density at radius 3 is 2.82 bits per heavy atom. The van der Waals surface area contributed by atoms with E-state index in [-0.39, 0.29) is 13.1 Å². The van der Waals surface area contributed by atoms with Gasteiger partial charge in [0.1, 0.15) is 12.3 Å². The zero-order valence-electron chi connectivity index (χ0n) is 9.68. The summed E-state index contributed by atoms with van der Waals surface area (Å²) in [6.45, 7) is 2.26. The molecule has 6 nitrogen and oxygen atoms in total. The maximum atomic E-state index is 11.7. The summed E-state index contributed by atoms with van der Waals surface area (Å²) in [6.07, 6.45) is 2.23. The fraction of sp³-hybridized carbons (Fsp3) is 0.455. The molecule has 0 saturated carbocycles. The van der Waals surface area contributed by atoms with Crippen molar-refractivity contribution in [1.29, 1.82) is 0 Å². The van der Waals surface area contributed by atoms with Crippen molar-refractivity contribution in [2.75, 3.05) is 13.1 Å². The van der Waals surface area contributed by atoms with Gasteiger partial charge in [-0.25, -0.2) is 4.79 Å². The van der Waals surface area contributed by atoms with Crippen LogP contribution in [0.15, 0.2) is 22.8 Å². The molecule has 0 aliphatic rings. The Balaban J connectivity index is 2.44. The Bertz CT molecular complexity index is 362. The van der Waals surface area contributed by atoms with Gasteiger partial charge in [-0.3, -0.25) is 4.79 Å². The van der Waals surface area contributed by atoms with E-state index in [0.29, 0.717) is 18.7 Å². The first kappa shape index (κ1) is 13.1. The number of nitrogens with one attached hydrogen (secondary N) is 1. The van der Waals surface area contributed by atoms with Crippen molar-refractivity contribution in [3.63, 3.8) is 0 Å². The number of hydrogen-bond acceptors (Lipinski definition) is 3. The van der Waals surface area contributed by atoms with Gasteiger partial charge in [-0.1, -0.05) is 6.92 Å². The highest BCUT2D eigenvalue weighted by atomic mass is 16.4. The lowest BCUT2D eigenvalue weighted by atomic mass is 10.4. The number of carbonyl (C=O) groups excluding carboxylic acids is 1. The second-order valence-electron chi connectivity index (χ2n) is 3.55. The molecule has 0 unspecified atom stereocenters. The lowest BCUT2D eigenvalue weighted by molar-refractivity contribution is -0.137. The van der Waals surface area contributed by atoms with Crippen LogP contribution in [-0.2, 0) is 11.3 Å². The molecule has 2 N–H and O–H groups in total. The van der Waals surface area contributed by atoms with Crippen molar-refractivity contribution in [3.8, 4) is 0 Å². The molecule has 2 amide bonds. The molecule has 0 spiro atoms. The molecule has 0 atom stereocenters. The number of carboxylic acid groups (broad SMARTS) is 1. The first-order chi connectivity index (χ1) is 8.13. The van der Waals surface area contributed by atoms with Crippen molar-refractivity contribution in [1.82, 2.24) is 10.2 Å². The molecule has 0 radical (unpaired) electrons. The average Bonchev–Trinajstić information content (AvgIpc) is 2.77. The highest BCUT2D eigenvalue weighted by Crippen LogP contribution is 2.00. The molecule has 0 bridgehead atoms. The van der Waals surface area contributed by atoms with Crippen molar-refractivity contribution in [3.05, 3.63) is 24.2 Å². The van der Waals surface area contributed by atoms with Crippen LogP contribution in [0.5, 0.6) is 0 Å². The predicted octanol–water partition coefficient (Wildman–Crippen LogP) is 1.29. The van der Waals surface area contributed by atoms with Crippen molar-refractivity contribution < 1.29 is 19.1 Å².